The van der Waals surface area contributed by atoms with E-state index in [0.29, 0.717) is 11.5 Å². The lowest BCUT2D eigenvalue weighted by Gasteiger charge is -2.10. The molecule has 1 amide bonds. The van der Waals surface area contributed by atoms with E-state index in [4.69, 9.17) is 28.9 Å². The third kappa shape index (κ3) is 2.97. The molecule has 0 atom stereocenters. The van der Waals surface area contributed by atoms with Crippen LogP contribution in [0, 0.1) is 6.92 Å². The van der Waals surface area contributed by atoms with Gasteiger partial charge < -0.3 is 11.1 Å². The van der Waals surface area contributed by atoms with Gasteiger partial charge in [-0.2, -0.15) is 0 Å². The average Bonchev–Trinajstić information content (AvgIpc) is 2.32. The fourth-order valence-electron chi connectivity index (χ4n) is 1.61. The van der Waals surface area contributed by atoms with Crippen LogP contribution in [0.25, 0.3) is 0 Å². The summed E-state index contributed by atoms with van der Waals surface area (Å²) in [6.07, 6.45) is 1.47. The molecule has 98 valence electrons. The van der Waals surface area contributed by atoms with Crippen LogP contribution in [0.2, 0.25) is 10.0 Å². The lowest BCUT2D eigenvalue weighted by atomic mass is 10.2. The standard InChI is InChI=1S/C13H11Cl2N3O/c1-7-5-8(16)6-17-12(7)18-13(19)11-9(14)3-2-4-10(11)15/h2-6H,16H2,1H3,(H,17,18,19). The molecule has 0 spiro atoms. The Morgan fingerprint density at radius 1 is 1.32 bits per heavy atom. The number of nitrogens with zero attached hydrogens (tertiary/aromatic N) is 1. The number of carbonyl (C=O) groups is 1. The van der Waals surface area contributed by atoms with E-state index in [1.807, 2.05) is 0 Å². The van der Waals surface area contributed by atoms with Gasteiger partial charge in [0.05, 0.1) is 27.5 Å². The predicted molar refractivity (Wildman–Crippen MR) is 77.8 cm³/mol. The zero-order valence-corrected chi connectivity index (χ0v) is 11.6. The van der Waals surface area contributed by atoms with Crippen LogP contribution in [0.1, 0.15) is 15.9 Å². The topological polar surface area (TPSA) is 68.0 Å². The summed E-state index contributed by atoms with van der Waals surface area (Å²) < 4.78 is 0. The van der Waals surface area contributed by atoms with Gasteiger partial charge in [-0.3, -0.25) is 4.79 Å². The van der Waals surface area contributed by atoms with Crippen LogP contribution in [0.4, 0.5) is 11.5 Å². The normalized spacial score (nSPS) is 10.3. The third-order valence-electron chi connectivity index (χ3n) is 2.52. The molecule has 3 N–H and O–H groups in total. The summed E-state index contributed by atoms with van der Waals surface area (Å²) in [6.45, 7) is 1.80. The minimum absolute atomic E-state index is 0.226. The smallest absolute Gasteiger partial charge is 0.259 e. The lowest BCUT2D eigenvalue weighted by molar-refractivity contribution is 0.102. The average molecular weight is 296 g/mol. The van der Waals surface area contributed by atoms with Gasteiger partial charge in [0.2, 0.25) is 0 Å². The van der Waals surface area contributed by atoms with Crippen LogP contribution in [-0.4, -0.2) is 10.9 Å². The Morgan fingerprint density at radius 2 is 1.95 bits per heavy atom. The van der Waals surface area contributed by atoms with Crippen molar-refractivity contribution in [3.63, 3.8) is 0 Å². The summed E-state index contributed by atoms with van der Waals surface area (Å²) in [7, 11) is 0. The molecule has 1 aromatic heterocycles. The number of amides is 1. The number of hydrogen-bond acceptors (Lipinski definition) is 3. The molecular formula is C13H11Cl2N3O. The van der Waals surface area contributed by atoms with Gasteiger partial charge in [0.15, 0.2) is 0 Å². The van der Waals surface area contributed by atoms with Gasteiger partial charge in [0.1, 0.15) is 5.82 Å². The molecule has 1 heterocycles. The van der Waals surface area contributed by atoms with Crippen molar-refractivity contribution in [2.24, 2.45) is 0 Å². The monoisotopic (exact) mass is 295 g/mol. The summed E-state index contributed by atoms with van der Waals surface area (Å²) in [4.78, 5) is 16.2. The number of nitrogens with two attached hydrogens (primary N) is 1. The molecule has 1 aromatic carbocycles. The zero-order chi connectivity index (χ0) is 14.0. The van der Waals surface area contributed by atoms with Crippen molar-refractivity contribution < 1.29 is 4.79 Å². The molecule has 2 rings (SSSR count). The molecule has 0 aliphatic heterocycles. The molecular weight excluding hydrogens is 285 g/mol. The van der Waals surface area contributed by atoms with Crippen LogP contribution < -0.4 is 11.1 Å². The molecule has 0 fully saturated rings. The van der Waals surface area contributed by atoms with Crippen LogP contribution in [0.3, 0.4) is 0 Å². The minimum atomic E-state index is -0.407. The van der Waals surface area contributed by atoms with Crippen molar-refractivity contribution in [1.82, 2.24) is 4.98 Å². The first-order valence-corrected chi connectivity index (χ1v) is 6.22. The van der Waals surface area contributed by atoms with Crippen molar-refractivity contribution in [3.05, 3.63) is 51.6 Å². The first kappa shape index (κ1) is 13.6. The summed E-state index contributed by atoms with van der Waals surface area (Å²) in [5.74, 6) is 0.0196. The Bertz CT molecular complexity index is 624. The minimum Gasteiger partial charge on any atom is -0.397 e. The highest BCUT2D eigenvalue weighted by atomic mass is 35.5. The number of nitrogens with one attached hydrogen (secondary N) is 1. The van der Waals surface area contributed by atoms with E-state index in [-0.39, 0.29) is 15.6 Å². The quantitative estimate of drug-likeness (QED) is 0.890. The highest BCUT2D eigenvalue weighted by Gasteiger charge is 2.15. The van der Waals surface area contributed by atoms with E-state index in [1.165, 1.54) is 6.20 Å². The first-order chi connectivity index (χ1) is 8.99. The summed E-state index contributed by atoms with van der Waals surface area (Å²) in [5.41, 5.74) is 7.12. The fraction of sp³-hybridized carbons (Fsp3) is 0.0769. The number of anilines is 2. The number of pyridine rings is 1. The molecule has 0 saturated heterocycles. The van der Waals surface area contributed by atoms with Gasteiger partial charge in [0, 0.05) is 0 Å². The van der Waals surface area contributed by atoms with Gasteiger partial charge in [-0.15, -0.1) is 0 Å². The Labute approximate surface area is 120 Å². The maximum Gasteiger partial charge on any atom is 0.259 e. The van der Waals surface area contributed by atoms with Crippen molar-refractivity contribution >= 4 is 40.6 Å². The second-order valence-corrected chi connectivity index (χ2v) is 4.80. The second kappa shape index (κ2) is 5.47. The van der Waals surface area contributed by atoms with Gasteiger partial charge in [-0.05, 0) is 30.7 Å². The largest absolute Gasteiger partial charge is 0.397 e. The van der Waals surface area contributed by atoms with Crippen LogP contribution in [-0.2, 0) is 0 Å². The number of rotatable bonds is 2. The molecule has 0 aliphatic carbocycles. The summed E-state index contributed by atoms with van der Waals surface area (Å²) in [5, 5.41) is 3.24. The number of aryl methyl sites for hydroxylation is 1. The van der Waals surface area contributed by atoms with E-state index in [9.17, 15) is 4.79 Å². The number of carbonyl (C=O) groups excluding carboxylic acids is 1. The number of aromatic nitrogens is 1. The van der Waals surface area contributed by atoms with Crippen molar-refractivity contribution in [2.75, 3.05) is 11.1 Å². The third-order valence-corrected chi connectivity index (χ3v) is 3.15. The zero-order valence-electron chi connectivity index (χ0n) is 10.1. The molecule has 2 aromatic rings. The molecule has 0 saturated carbocycles. The van der Waals surface area contributed by atoms with E-state index in [1.54, 1.807) is 31.2 Å². The molecule has 0 unspecified atom stereocenters. The van der Waals surface area contributed by atoms with E-state index in [2.05, 4.69) is 10.3 Å². The van der Waals surface area contributed by atoms with E-state index in [0.717, 1.165) is 5.56 Å². The summed E-state index contributed by atoms with van der Waals surface area (Å²) >= 11 is 11.9. The van der Waals surface area contributed by atoms with Gasteiger partial charge in [-0.25, -0.2) is 4.98 Å². The second-order valence-electron chi connectivity index (χ2n) is 3.98. The maximum atomic E-state index is 12.1. The SMILES string of the molecule is Cc1cc(N)cnc1NC(=O)c1c(Cl)cccc1Cl. The van der Waals surface area contributed by atoms with Crippen molar-refractivity contribution in [1.29, 1.82) is 0 Å². The molecule has 0 radical (unpaired) electrons. The number of nitrogen functional groups attached to an aromatic ring is 1. The van der Waals surface area contributed by atoms with Gasteiger partial charge in [-0.1, -0.05) is 29.3 Å². The molecule has 19 heavy (non-hydrogen) atoms. The van der Waals surface area contributed by atoms with Crippen LogP contribution >= 0.6 is 23.2 Å². The summed E-state index contributed by atoms with van der Waals surface area (Å²) in [6, 6.07) is 6.60. The van der Waals surface area contributed by atoms with Crippen LogP contribution in [0.15, 0.2) is 30.5 Å². The fourth-order valence-corrected chi connectivity index (χ4v) is 2.18. The first-order valence-electron chi connectivity index (χ1n) is 5.46. The Balaban J connectivity index is 2.31. The Kier molecular flexibility index (Phi) is 3.93. The Hall–Kier alpha value is -1.78. The molecule has 0 bridgehead atoms. The lowest BCUT2D eigenvalue weighted by Crippen LogP contribution is -2.15. The maximum absolute atomic E-state index is 12.1. The van der Waals surface area contributed by atoms with E-state index >= 15 is 0 Å². The van der Waals surface area contributed by atoms with Gasteiger partial charge in [0.25, 0.3) is 5.91 Å². The Morgan fingerprint density at radius 3 is 2.53 bits per heavy atom. The molecule has 4 nitrogen and oxygen atoms in total. The number of halogens is 2. The highest BCUT2D eigenvalue weighted by molar-refractivity contribution is 6.40. The molecule has 0 aliphatic rings. The van der Waals surface area contributed by atoms with Gasteiger partial charge >= 0.3 is 0 Å². The molecule has 6 heteroatoms. The highest BCUT2D eigenvalue weighted by Crippen LogP contribution is 2.25. The van der Waals surface area contributed by atoms with Crippen LogP contribution in [0.5, 0.6) is 0 Å². The predicted octanol–water partition coefficient (Wildman–Crippen LogP) is 3.53. The van der Waals surface area contributed by atoms with Crippen molar-refractivity contribution in [3.8, 4) is 0 Å². The number of benzene rings is 1. The van der Waals surface area contributed by atoms with E-state index < -0.39 is 5.91 Å². The van der Waals surface area contributed by atoms with Crippen molar-refractivity contribution in [2.45, 2.75) is 6.92 Å². The number of hydrogen-bond donors (Lipinski definition) is 2.